The predicted octanol–water partition coefficient (Wildman–Crippen LogP) is -1.28. The molecule has 0 aliphatic rings. The molecule has 0 saturated carbocycles. The van der Waals surface area contributed by atoms with Gasteiger partial charge in [0.1, 0.15) is 10.5 Å². The quantitative estimate of drug-likeness (QED) is 0.102. The van der Waals surface area contributed by atoms with Crippen LogP contribution >= 0.6 is 0 Å². The van der Waals surface area contributed by atoms with Crippen molar-refractivity contribution in [2.75, 3.05) is 107 Å². The number of hydrogen-bond donors (Lipinski definition) is 2. The summed E-state index contributed by atoms with van der Waals surface area (Å²) in [6.45, 7) is 0. The highest BCUT2D eigenvalue weighted by Crippen LogP contribution is 2.68. The summed E-state index contributed by atoms with van der Waals surface area (Å²) in [5.74, 6) is 0. The van der Waals surface area contributed by atoms with Gasteiger partial charge in [-0.25, -0.2) is 0 Å². The molecule has 0 aromatic rings. The van der Waals surface area contributed by atoms with Crippen molar-refractivity contribution in [1.82, 2.24) is 0 Å². The first kappa shape index (κ1) is 40.4. The van der Waals surface area contributed by atoms with Crippen molar-refractivity contribution in [3.8, 4) is 0 Å². The summed E-state index contributed by atoms with van der Waals surface area (Å²) >= 11 is 0. The van der Waals surface area contributed by atoms with Gasteiger partial charge < -0.3 is 77.9 Å². The molecule has 0 fully saturated rings. The molecule has 4 N–H and O–H groups in total. The lowest BCUT2D eigenvalue weighted by molar-refractivity contribution is -0.00467. The van der Waals surface area contributed by atoms with Crippen molar-refractivity contribution in [2.45, 2.75) is 15.1 Å². The SMILES string of the molecule is CO[Si](OC)(OC)C(C(C(N)(N)[Si](OC)(OC)OC)([Si](OC)(OC)OC)[Si](OC)(OC)OC)[Si](OC)(OC)OC. The van der Waals surface area contributed by atoms with Crippen molar-refractivity contribution in [2.24, 2.45) is 11.5 Å². The highest BCUT2D eigenvalue weighted by molar-refractivity contribution is 6.96. The number of hydrogen-bond acceptors (Lipinski definition) is 17. The second-order valence-electron chi connectivity index (χ2n) is 8.05. The topological polar surface area (TPSA) is 190 Å². The Morgan fingerprint density at radius 1 is 0.350 bits per heavy atom. The highest BCUT2D eigenvalue weighted by atomic mass is 28.5. The Morgan fingerprint density at radius 3 is 0.700 bits per heavy atom. The van der Waals surface area contributed by atoms with Gasteiger partial charge in [-0.05, 0) is 0 Å². The fourth-order valence-electron chi connectivity index (χ4n) is 5.70. The smallest absolute Gasteiger partial charge is 0.377 e. The van der Waals surface area contributed by atoms with Crippen molar-refractivity contribution in [3.63, 3.8) is 0 Å². The van der Waals surface area contributed by atoms with Crippen LogP contribution in [0.4, 0.5) is 0 Å². The van der Waals surface area contributed by atoms with Crippen LogP contribution in [0.5, 0.6) is 0 Å². The normalized spacial score (nSPS) is 14.8. The molecule has 0 saturated heterocycles. The molecule has 0 unspecified atom stereocenters. The summed E-state index contributed by atoms with van der Waals surface area (Å²) in [4.78, 5) is 0. The summed E-state index contributed by atoms with van der Waals surface area (Å²) in [6, 6.07) is 0. The Labute approximate surface area is 243 Å². The van der Waals surface area contributed by atoms with Gasteiger partial charge in [0.15, 0.2) is 4.66 Å². The maximum Gasteiger partial charge on any atom is 0.536 e. The second kappa shape index (κ2) is 15.9. The van der Waals surface area contributed by atoms with E-state index >= 15 is 0 Å². The van der Waals surface area contributed by atoms with E-state index in [-0.39, 0.29) is 0 Å². The van der Waals surface area contributed by atoms with Gasteiger partial charge in [0.05, 0.1) is 0 Å². The molecule has 40 heavy (non-hydrogen) atoms. The second-order valence-corrected chi connectivity index (χ2v) is 24.6. The first-order valence-corrected chi connectivity index (χ1v) is 20.4. The van der Waals surface area contributed by atoms with Crippen LogP contribution in [0.2, 0.25) is 9.83 Å². The summed E-state index contributed by atoms with van der Waals surface area (Å²) in [7, 11) is -1.78. The third kappa shape index (κ3) is 5.44. The molecule has 0 aromatic heterocycles. The third-order valence-electron chi connectivity index (χ3n) is 7.39. The molecule has 242 valence electrons. The Balaban J connectivity index is 9.47. The van der Waals surface area contributed by atoms with Gasteiger partial charge in [0.25, 0.3) is 0 Å². The van der Waals surface area contributed by atoms with Crippen molar-refractivity contribution in [1.29, 1.82) is 0 Å². The Kier molecular flexibility index (Phi) is 16.1. The predicted molar refractivity (Wildman–Crippen MR) is 151 cm³/mol. The molecule has 0 aliphatic heterocycles. The molecule has 0 rings (SSSR count). The summed E-state index contributed by atoms with van der Waals surface area (Å²) in [6.07, 6.45) is 0. The lowest BCUT2D eigenvalue weighted by Crippen LogP contribution is -2.93. The van der Waals surface area contributed by atoms with Gasteiger partial charge in [0.2, 0.25) is 0 Å². The van der Waals surface area contributed by atoms with Crippen molar-refractivity contribution in [3.05, 3.63) is 0 Å². The molecule has 0 amide bonds. The molecule has 0 spiro atoms. The average molecular weight is 675 g/mol. The Bertz CT molecular complexity index is 657. The van der Waals surface area contributed by atoms with E-state index in [1.54, 1.807) is 0 Å². The molecule has 0 aliphatic carbocycles. The zero-order chi connectivity index (χ0) is 31.7. The zero-order valence-electron chi connectivity index (χ0n) is 26.4. The number of rotatable bonds is 22. The van der Waals surface area contributed by atoms with Crippen LogP contribution in [-0.4, -0.2) is 156 Å². The van der Waals surface area contributed by atoms with Crippen LogP contribution in [0.1, 0.15) is 0 Å². The van der Waals surface area contributed by atoms with E-state index in [9.17, 15) is 0 Å². The van der Waals surface area contributed by atoms with E-state index in [2.05, 4.69) is 0 Å². The van der Waals surface area contributed by atoms with Crippen LogP contribution in [-0.2, 0) is 66.4 Å². The van der Waals surface area contributed by atoms with Gasteiger partial charge in [-0.3, -0.25) is 0 Å². The molecule has 0 radical (unpaired) electrons. The minimum Gasteiger partial charge on any atom is -0.377 e. The molecule has 22 heteroatoms. The summed E-state index contributed by atoms with van der Waals surface area (Å²) < 4.78 is 88.8. The van der Waals surface area contributed by atoms with E-state index in [1.807, 2.05) is 0 Å². The van der Waals surface area contributed by atoms with Gasteiger partial charge in [0, 0.05) is 107 Å². The lowest BCUT2D eigenvalue weighted by Gasteiger charge is -2.62. The van der Waals surface area contributed by atoms with E-state index in [1.165, 1.54) is 107 Å². The molecule has 0 bridgehead atoms. The molecule has 0 heterocycles. The van der Waals surface area contributed by atoms with Gasteiger partial charge in [-0.2, -0.15) is 0 Å². The van der Waals surface area contributed by atoms with Gasteiger partial charge in [-0.15, -0.1) is 0 Å². The van der Waals surface area contributed by atoms with Crippen LogP contribution in [0, 0.1) is 0 Å². The summed E-state index contributed by atoms with van der Waals surface area (Å²) in [5.41, 5.74) is 14.6. The Morgan fingerprint density at radius 2 is 0.550 bits per heavy atom. The summed E-state index contributed by atoms with van der Waals surface area (Å²) in [5, 5.41) is -3.83. The standard InChI is InChI=1S/C18H50N2O15Si5/c1-21-36(22-2,23-3)16(37(24-4,25-5)26-6)17(38(27-7,28-8)29-9,39(30-10,31-11)32-12)18(19,20)40(33-13,34-14)35-15/h16H,19-20H2,1-15H3. The largest absolute Gasteiger partial charge is 0.536 e. The molecule has 0 aromatic carbocycles. The average Bonchev–Trinajstić information content (AvgIpc) is 3.00. The fraction of sp³-hybridized carbons (Fsp3) is 1.00. The molecular formula is C18H50N2O15Si5. The fourth-order valence-corrected chi connectivity index (χ4v) is 30.0. The van der Waals surface area contributed by atoms with Crippen molar-refractivity contribution >= 4 is 44.0 Å². The Hall–Kier alpha value is 0.404. The maximum atomic E-state index is 7.32. The minimum atomic E-state index is -4.55. The van der Waals surface area contributed by atoms with Crippen LogP contribution in [0.15, 0.2) is 0 Å². The minimum absolute atomic E-state index is 1.32. The monoisotopic (exact) mass is 674 g/mol. The van der Waals surface area contributed by atoms with E-state index in [0.717, 1.165) is 0 Å². The first-order valence-electron chi connectivity index (χ1n) is 11.6. The van der Waals surface area contributed by atoms with Crippen LogP contribution in [0.25, 0.3) is 0 Å². The van der Waals surface area contributed by atoms with Gasteiger partial charge >= 0.3 is 44.0 Å². The number of nitrogens with two attached hydrogens (primary N) is 2. The van der Waals surface area contributed by atoms with E-state index < -0.39 is 59.1 Å². The molecule has 17 nitrogen and oxygen atoms in total. The van der Waals surface area contributed by atoms with E-state index in [0.29, 0.717) is 0 Å². The van der Waals surface area contributed by atoms with Crippen LogP contribution in [0.3, 0.4) is 0 Å². The maximum absolute atomic E-state index is 7.32. The van der Waals surface area contributed by atoms with Crippen molar-refractivity contribution < 1.29 is 66.4 Å². The van der Waals surface area contributed by atoms with Crippen LogP contribution < -0.4 is 11.5 Å². The van der Waals surface area contributed by atoms with E-state index in [4.69, 9.17) is 77.9 Å². The molecular weight excluding hydrogens is 625 g/mol. The molecule has 0 atom stereocenters. The first-order chi connectivity index (χ1) is 18.8. The van der Waals surface area contributed by atoms with Gasteiger partial charge in [-0.1, -0.05) is 0 Å². The third-order valence-corrected chi connectivity index (χ3v) is 28.3. The zero-order valence-corrected chi connectivity index (χ0v) is 31.4. The highest BCUT2D eigenvalue weighted by Gasteiger charge is 2.96. The lowest BCUT2D eigenvalue weighted by atomic mass is 10.3.